The highest BCUT2D eigenvalue weighted by Crippen LogP contribution is 2.71. The Morgan fingerprint density at radius 1 is 1.00 bits per heavy atom. The fourth-order valence-electron chi connectivity index (χ4n) is 9.02. The molecule has 1 aromatic carbocycles. The standard InChI is InChI=1S/C29H36O4/c1-18(30)29-25(32-28(4,33-29)19-8-6-5-7-9-19)17-24-22-11-10-20-16-21(31)12-14-26(20,2)23(22)13-15-27(24,29)3/h5-9,16,22-25H,10-15,17H2,1-4H3. The third-order valence-electron chi connectivity index (χ3n) is 10.7. The summed E-state index contributed by atoms with van der Waals surface area (Å²) in [5, 5.41) is 0. The number of benzene rings is 1. The van der Waals surface area contributed by atoms with Crippen LogP contribution in [0.2, 0.25) is 0 Å². The van der Waals surface area contributed by atoms with Gasteiger partial charge in [-0.05, 0) is 81.6 Å². The van der Waals surface area contributed by atoms with Crippen molar-refractivity contribution < 1.29 is 19.1 Å². The van der Waals surface area contributed by atoms with E-state index in [0.29, 0.717) is 30.0 Å². The van der Waals surface area contributed by atoms with E-state index in [1.807, 2.05) is 43.3 Å². The Morgan fingerprint density at radius 2 is 1.76 bits per heavy atom. The van der Waals surface area contributed by atoms with Crippen molar-refractivity contribution in [3.63, 3.8) is 0 Å². The minimum atomic E-state index is -0.902. The highest BCUT2D eigenvalue weighted by atomic mass is 16.8. The van der Waals surface area contributed by atoms with Gasteiger partial charge in [0, 0.05) is 17.4 Å². The number of hydrogen-bond acceptors (Lipinski definition) is 4. The van der Waals surface area contributed by atoms with Gasteiger partial charge in [0.25, 0.3) is 0 Å². The van der Waals surface area contributed by atoms with Crippen molar-refractivity contribution in [1.82, 2.24) is 0 Å². The van der Waals surface area contributed by atoms with Crippen LogP contribution < -0.4 is 0 Å². The fourth-order valence-corrected chi connectivity index (χ4v) is 9.02. The summed E-state index contributed by atoms with van der Waals surface area (Å²) in [6.07, 6.45) is 8.46. The molecule has 0 N–H and O–H groups in total. The van der Waals surface area contributed by atoms with Crippen molar-refractivity contribution >= 4 is 11.6 Å². The molecular weight excluding hydrogens is 412 g/mol. The maximum absolute atomic E-state index is 13.5. The molecule has 5 aliphatic rings. The van der Waals surface area contributed by atoms with Crippen molar-refractivity contribution in [2.75, 3.05) is 0 Å². The molecule has 0 spiro atoms. The van der Waals surface area contributed by atoms with E-state index in [2.05, 4.69) is 13.8 Å². The first-order valence-electron chi connectivity index (χ1n) is 12.8. The molecule has 1 aliphatic heterocycles. The molecule has 1 saturated heterocycles. The van der Waals surface area contributed by atoms with E-state index in [-0.39, 0.29) is 22.7 Å². The number of fused-ring (bicyclic) bond motifs is 7. The second kappa shape index (κ2) is 6.88. The molecule has 6 rings (SSSR count). The summed E-state index contributed by atoms with van der Waals surface area (Å²) in [6.45, 7) is 8.41. The van der Waals surface area contributed by atoms with Gasteiger partial charge in [-0.2, -0.15) is 0 Å². The van der Waals surface area contributed by atoms with Crippen LogP contribution in [-0.2, 0) is 24.8 Å². The fraction of sp³-hybridized carbons (Fsp3) is 0.655. The van der Waals surface area contributed by atoms with Crippen molar-refractivity contribution in [2.45, 2.75) is 90.1 Å². The lowest BCUT2D eigenvalue weighted by Gasteiger charge is -2.59. The molecule has 176 valence electrons. The van der Waals surface area contributed by atoms with Gasteiger partial charge in [0.1, 0.15) is 0 Å². The highest BCUT2D eigenvalue weighted by Gasteiger charge is 2.75. The summed E-state index contributed by atoms with van der Waals surface area (Å²) in [5.41, 5.74) is 1.35. The number of hydrogen-bond donors (Lipinski definition) is 0. The largest absolute Gasteiger partial charge is 0.339 e. The Bertz CT molecular complexity index is 1040. The lowest BCUT2D eigenvalue weighted by molar-refractivity contribution is -0.227. The molecule has 8 atom stereocenters. The third-order valence-corrected chi connectivity index (χ3v) is 10.7. The second-order valence-electron chi connectivity index (χ2n) is 12.0. The minimum Gasteiger partial charge on any atom is -0.339 e. The van der Waals surface area contributed by atoms with Gasteiger partial charge in [-0.25, -0.2) is 0 Å². The van der Waals surface area contributed by atoms with E-state index in [1.165, 1.54) is 5.57 Å². The van der Waals surface area contributed by atoms with Crippen molar-refractivity contribution in [3.8, 4) is 0 Å². The maximum Gasteiger partial charge on any atom is 0.193 e. The molecule has 3 saturated carbocycles. The summed E-state index contributed by atoms with van der Waals surface area (Å²) >= 11 is 0. The Hall–Kier alpha value is -1.78. The van der Waals surface area contributed by atoms with Gasteiger partial charge in [-0.1, -0.05) is 49.8 Å². The first-order valence-corrected chi connectivity index (χ1v) is 12.8. The van der Waals surface area contributed by atoms with Gasteiger partial charge in [0.15, 0.2) is 23.0 Å². The molecule has 4 aliphatic carbocycles. The Morgan fingerprint density at radius 3 is 2.48 bits per heavy atom. The molecule has 8 unspecified atom stereocenters. The summed E-state index contributed by atoms with van der Waals surface area (Å²) in [6, 6.07) is 10.1. The Kier molecular flexibility index (Phi) is 4.53. The molecule has 4 nitrogen and oxygen atoms in total. The number of Topliss-reactive ketones (excluding diaryl/α,β-unsaturated/α-hetero) is 1. The van der Waals surface area contributed by atoms with E-state index in [9.17, 15) is 9.59 Å². The third kappa shape index (κ3) is 2.65. The predicted octanol–water partition coefficient (Wildman–Crippen LogP) is 5.74. The first kappa shape index (κ1) is 21.7. The number of ether oxygens (including phenoxy) is 2. The number of rotatable bonds is 2. The van der Waals surface area contributed by atoms with Crippen LogP contribution in [0.25, 0.3) is 0 Å². The molecule has 0 amide bonds. The monoisotopic (exact) mass is 448 g/mol. The SMILES string of the molecule is CC(=O)C12OC(C)(c3ccccc3)OC1CC1C3CCC4=CC(=O)CCC4(C)C3CCC12C. The minimum absolute atomic E-state index is 0.112. The molecule has 33 heavy (non-hydrogen) atoms. The Labute approximate surface area is 197 Å². The van der Waals surface area contributed by atoms with Gasteiger partial charge in [-0.15, -0.1) is 0 Å². The average molecular weight is 449 g/mol. The van der Waals surface area contributed by atoms with Gasteiger partial charge in [0.05, 0.1) is 6.10 Å². The van der Waals surface area contributed by atoms with Crippen LogP contribution in [0.1, 0.15) is 78.2 Å². The van der Waals surface area contributed by atoms with Gasteiger partial charge in [-0.3, -0.25) is 9.59 Å². The summed E-state index contributed by atoms with van der Waals surface area (Å²) in [4.78, 5) is 25.6. The molecule has 0 aromatic heterocycles. The lowest BCUT2D eigenvalue weighted by atomic mass is 9.46. The summed E-state index contributed by atoms with van der Waals surface area (Å²) in [7, 11) is 0. The van der Waals surface area contributed by atoms with Gasteiger partial charge in [0.2, 0.25) is 0 Å². The van der Waals surface area contributed by atoms with Crippen LogP contribution in [0, 0.1) is 28.6 Å². The van der Waals surface area contributed by atoms with Gasteiger partial charge < -0.3 is 9.47 Å². The zero-order valence-electron chi connectivity index (χ0n) is 20.4. The molecule has 4 heteroatoms. The maximum atomic E-state index is 13.5. The summed E-state index contributed by atoms with van der Waals surface area (Å²) in [5.74, 6) is 1.04. The van der Waals surface area contributed by atoms with Crippen LogP contribution in [0.5, 0.6) is 0 Å². The van der Waals surface area contributed by atoms with Crippen LogP contribution in [0.4, 0.5) is 0 Å². The van der Waals surface area contributed by atoms with Crippen molar-refractivity contribution in [3.05, 3.63) is 47.5 Å². The molecular formula is C29H36O4. The number of carbonyl (C=O) groups is 2. The topological polar surface area (TPSA) is 52.6 Å². The van der Waals surface area contributed by atoms with Crippen LogP contribution in [-0.4, -0.2) is 23.3 Å². The zero-order chi connectivity index (χ0) is 23.2. The number of carbonyl (C=O) groups excluding carboxylic acids is 2. The average Bonchev–Trinajstić information content (AvgIpc) is 3.23. The van der Waals surface area contributed by atoms with Crippen LogP contribution >= 0.6 is 0 Å². The predicted molar refractivity (Wildman–Crippen MR) is 125 cm³/mol. The highest BCUT2D eigenvalue weighted by molar-refractivity contribution is 5.91. The molecule has 4 fully saturated rings. The normalized spacial score (nSPS) is 48.4. The second-order valence-corrected chi connectivity index (χ2v) is 12.0. The first-order chi connectivity index (χ1) is 15.6. The molecule has 0 radical (unpaired) electrons. The zero-order valence-corrected chi connectivity index (χ0v) is 20.4. The van der Waals surface area contributed by atoms with E-state index >= 15 is 0 Å². The van der Waals surface area contributed by atoms with E-state index in [4.69, 9.17) is 9.47 Å². The molecule has 0 bridgehead atoms. The van der Waals surface area contributed by atoms with Crippen LogP contribution in [0.3, 0.4) is 0 Å². The van der Waals surface area contributed by atoms with E-state index in [1.54, 1.807) is 6.92 Å². The number of ketones is 2. The molecule has 1 heterocycles. The molecule has 1 aromatic rings. The smallest absolute Gasteiger partial charge is 0.193 e. The van der Waals surface area contributed by atoms with Gasteiger partial charge >= 0.3 is 0 Å². The van der Waals surface area contributed by atoms with Crippen molar-refractivity contribution in [1.29, 1.82) is 0 Å². The van der Waals surface area contributed by atoms with E-state index < -0.39 is 11.4 Å². The Balaban J connectivity index is 1.38. The summed E-state index contributed by atoms with van der Waals surface area (Å²) < 4.78 is 13.6. The van der Waals surface area contributed by atoms with Crippen molar-refractivity contribution in [2.24, 2.45) is 28.6 Å². The van der Waals surface area contributed by atoms with Crippen LogP contribution in [0.15, 0.2) is 42.0 Å². The quantitative estimate of drug-likeness (QED) is 0.579. The van der Waals surface area contributed by atoms with E-state index in [0.717, 1.165) is 44.1 Å². The number of allylic oxidation sites excluding steroid dienone is 1. The lowest BCUT2D eigenvalue weighted by Crippen LogP contribution is -2.59.